The molecule has 0 aliphatic carbocycles. The second kappa shape index (κ2) is 7.47. The molecular weight excluding hydrogens is 381 g/mol. The summed E-state index contributed by atoms with van der Waals surface area (Å²) in [6, 6.07) is 16.4. The Labute approximate surface area is 163 Å². The second-order valence-corrected chi connectivity index (χ2v) is 6.08. The predicted octanol–water partition coefficient (Wildman–Crippen LogP) is 5.00. The third-order valence-corrected chi connectivity index (χ3v) is 4.01. The van der Waals surface area contributed by atoms with Crippen molar-refractivity contribution in [3.8, 4) is 17.7 Å². The van der Waals surface area contributed by atoms with Gasteiger partial charge < -0.3 is 9.72 Å². The van der Waals surface area contributed by atoms with Crippen molar-refractivity contribution in [1.29, 1.82) is 5.26 Å². The van der Waals surface area contributed by atoms with Crippen molar-refractivity contribution < 1.29 is 9.13 Å². The lowest BCUT2D eigenvalue weighted by atomic mass is 10.1. The van der Waals surface area contributed by atoms with Crippen molar-refractivity contribution in [1.82, 2.24) is 19.9 Å². The minimum atomic E-state index is -0.731. The minimum absolute atomic E-state index is 0.121. The highest BCUT2D eigenvalue weighted by atomic mass is 35.5. The maximum absolute atomic E-state index is 13.8. The van der Waals surface area contributed by atoms with Gasteiger partial charge in [-0.2, -0.15) is 14.6 Å². The fraction of sp³-hybridized carbons (Fsp3) is 0. The van der Waals surface area contributed by atoms with Crippen LogP contribution in [0.3, 0.4) is 0 Å². The molecule has 0 amide bonds. The Kier molecular flexibility index (Phi) is 4.70. The van der Waals surface area contributed by atoms with Crippen LogP contribution >= 0.6 is 11.6 Å². The van der Waals surface area contributed by atoms with E-state index in [0.29, 0.717) is 22.7 Å². The fourth-order valence-electron chi connectivity index (χ4n) is 2.58. The molecule has 0 unspecified atom stereocenters. The number of rotatable bonds is 4. The Balaban J connectivity index is 1.66. The van der Waals surface area contributed by atoms with E-state index in [1.807, 2.05) is 24.3 Å². The number of halogens is 2. The van der Waals surface area contributed by atoms with Gasteiger partial charge in [-0.1, -0.05) is 24.3 Å². The average molecular weight is 392 g/mol. The predicted molar refractivity (Wildman–Crippen MR) is 103 cm³/mol. The van der Waals surface area contributed by atoms with E-state index in [1.54, 1.807) is 30.3 Å². The molecule has 2 heterocycles. The van der Waals surface area contributed by atoms with E-state index in [0.717, 1.165) is 17.2 Å². The number of fused-ring (bicyclic) bond motifs is 1. The van der Waals surface area contributed by atoms with Gasteiger partial charge in [0.2, 0.25) is 11.1 Å². The lowest BCUT2D eigenvalue weighted by Gasteiger charge is -2.06. The molecule has 4 aromatic rings. The number of allylic oxidation sites excluding steroid dienone is 1. The highest BCUT2D eigenvalue weighted by Crippen LogP contribution is 2.25. The molecular formula is C20H11ClFN5O. The number of benzene rings is 2. The molecule has 6 nitrogen and oxygen atoms in total. The summed E-state index contributed by atoms with van der Waals surface area (Å²) in [4.78, 5) is 14.8. The molecule has 28 heavy (non-hydrogen) atoms. The van der Waals surface area contributed by atoms with E-state index in [4.69, 9.17) is 16.3 Å². The number of ether oxygens (including phenoxy) is 1. The van der Waals surface area contributed by atoms with Gasteiger partial charge >= 0.3 is 0 Å². The zero-order valence-corrected chi connectivity index (χ0v) is 15.0. The van der Waals surface area contributed by atoms with Crippen LogP contribution in [0.25, 0.3) is 22.7 Å². The highest BCUT2D eigenvalue weighted by molar-refractivity contribution is 6.28. The lowest BCUT2D eigenvalue weighted by Crippen LogP contribution is -1.94. The second-order valence-electron chi connectivity index (χ2n) is 5.74. The standard InChI is InChI=1S/C20H11ClFN5O/c21-20-24-11-15(22)19(27-20)28-14-5-3-4-12(9-14)8-13(10-23)18-25-16-6-1-2-7-17(16)26-18/h1-9,11H,(H,25,26)/b13-8+. The number of aromatic nitrogens is 4. The van der Waals surface area contributed by atoms with E-state index < -0.39 is 5.82 Å². The van der Waals surface area contributed by atoms with Gasteiger partial charge in [-0.15, -0.1) is 0 Å². The minimum Gasteiger partial charge on any atom is -0.436 e. The van der Waals surface area contributed by atoms with Crippen LogP contribution < -0.4 is 4.74 Å². The first-order valence-electron chi connectivity index (χ1n) is 8.15. The number of nitriles is 1. The quantitative estimate of drug-likeness (QED) is 0.390. The van der Waals surface area contributed by atoms with Crippen LogP contribution in [0.2, 0.25) is 5.28 Å². The Hall–Kier alpha value is -3.76. The summed E-state index contributed by atoms with van der Waals surface area (Å²) in [6.07, 6.45) is 2.59. The number of H-pyrrole nitrogens is 1. The maximum atomic E-state index is 13.8. The van der Waals surface area contributed by atoms with Gasteiger partial charge in [-0.05, 0) is 47.5 Å². The summed E-state index contributed by atoms with van der Waals surface area (Å²) in [6.45, 7) is 0. The average Bonchev–Trinajstić information content (AvgIpc) is 3.13. The van der Waals surface area contributed by atoms with E-state index >= 15 is 0 Å². The lowest BCUT2D eigenvalue weighted by molar-refractivity contribution is 0.420. The van der Waals surface area contributed by atoms with Crippen LogP contribution in [0.15, 0.2) is 54.7 Å². The van der Waals surface area contributed by atoms with Crippen molar-refractivity contribution in [3.63, 3.8) is 0 Å². The molecule has 0 saturated carbocycles. The summed E-state index contributed by atoms with van der Waals surface area (Å²) < 4.78 is 19.2. The molecule has 0 bridgehead atoms. The molecule has 0 radical (unpaired) electrons. The molecule has 0 atom stereocenters. The Morgan fingerprint density at radius 1 is 1.18 bits per heavy atom. The Morgan fingerprint density at radius 3 is 2.86 bits per heavy atom. The van der Waals surface area contributed by atoms with Gasteiger partial charge in [0.05, 0.1) is 22.8 Å². The molecule has 0 saturated heterocycles. The van der Waals surface area contributed by atoms with Gasteiger partial charge in [-0.25, -0.2) is 9.97 Å². The summed E-state index contributed by atoms with van der Waals surface area (Å²) in [5, 5.41) is 9.43. The molecule has 0 fully saturated rings. The van der Waals surface area contributed by atoms with Crippen molar-refractivity contribution in [2.45, 2.75) is 0 Å². The molecule has 8 heteroatoms. The van der Waals surface area contributed by atoms with Gasteiger partial charge in [-0.3, -0.25) is 0 Å². The molecule has 0 spiro atoms. The third kappa shape index (κ3) is 3.68. The number of para-hydroxylation sites is 2. The molecule has 0 aliphatic heterocycles. The highest BCUT2D eigenvalue weighted by Gasteiger charge is 2.10. The fourth-order valence-corrected chi connectivity index (χ4v) is 2.71. The number of nitrogens with zero attached hydrogens (tertiary/aromatic N) is 4. The van der Waals surface area contributed by atoms with Gasteiger partial charge in [0.25, 0.3) is 5.88 Å². The van der Waals surface area contributed by atoms with Crippen LogP contribution in [0, 0.1) is 17.1 Å². The van der Waals surface area contributed by atoms with E-state index in [9.17, 15) is 9.65 Å². The number of nitrogens with one attached hydrogen (secondary N) is 1. The molecule has 4 rings (SSSR count). The summed E-state index contributed by atoms with van der Waals surface area (Å²) >= 11 is 5.68. The summed E-state index contributed by atoms with van der Waals surface area (Å²) in [7, 11) is 0. The number of hydrogen-bond acceptors (Lipinski definition) is 5. The zero-order chi connectivity index (χ0) is 19.5. The number of hydrogen-bond donors (Lipinski definition) is 1. The molecule has 0 aliphatic rings. The number of aromatic amines is 1. The molecule has 2 aromatic carbocycles. The van der Waals surface area contributed by atoms with Gasteiger partial charge in [0, 0.05) is 0 Å². The first-order chi connectivity index (χ1) is 13.6. The third-order valence-electron chi connectivity index (χ3n) is 3.83. The number of imidazole rings is 1. The van der Waals surface area contributed by atoms with Gasteiger partial charge in [0.1, 0.15) is 17.6 Å². The topological polar surface area (TPSA) is 87.5 Å². The van der Waals surface area contributed by atoms with Crippen LogP contribution in [-0.4, -0.2) is 19.9 Å². The van der Waals surface area contributed by atoms with Crippen molar-refractivity contribution in [2.75, 3.05) is 0 Å². The SMILES string of the molecule is N#C/C(=C\c1cccc(Oc2nc(Cl)ncc2F)c1)c1nc2ccccc2[nH]1. The maximum Gasteiger partial charge on any atom is 0.260 e. The van der Waals surface area contributed by atoms with Crippen molar-refractivity contribution in [3.05, 3.63) is 77.2 Å². The molecule has 136 valence electrons. The van der Waals surface area contributed by atoms with Crippen molar-refractivity contribution >= 4 is 34.3 Å². The van der Waals surface area contributed by atoms with Crippen LogP contribution in [0.1, 0.15) is 11.4 Å². The first-order valence-corrected chi connectivity index (χ1v) is 8.53. The largest absolute Gasteiger partial charge is 0.436 e. The molecule has 1 N–H and O–H groups in total. The van der Waals surface area contributed by atoms with Gasteiger partial charge in [0.15, 0.2) is 0 Å². The van der Waals surface area contributed by atoms with E-state index in [-0.39, 0.29) is 11.2 Å². The normalized spacial score (nSPS) is 11.4. The van der Waals surface area contributed by atoms with Crippen LogP contribution in [0.5, 0.6) is 11.6 Å². The Bertz CT molecular complexity index is 1210. The smallest absolute Gasteiger partial charge is 0.260 e. The van der Waals surface area contributed by atoms with E-state index in [1.165, 1.54) is 0 Å². The van der Waals surface area contributed by atoms with Crippen LogP contribution in [0.4, 0.5) is 4.39 Å². The summed E-state index contributed by atoms with van der Waals surface area (Å²) in [5.74, 6) is -0.211. The van der Waals surface area contributed by atoms with E-state index in [2.05, 4.69) is 26.0 Å². The monoisotopic (exact) mass is 391 g/mol. The summed E-state index contributed by atoms with van der Waals surface area (Å²) in [5.41, 5.74) is 2.64. The van der Waals surface area contributed by atoms with Crippen LogP contribution in [-0.2, 0) is 0 Å². The molecule has 2 aromatic heterocycles. The Morgan fingerprint density at radius 2 is 2.04 bits per heavy atom. The first kappa shape index (κ1) is 17.6. The zero-order valence-electron chi connectivity index (χ0n) is 14.2. The van der Waals surface area contributed by atoms with Crippen molar-refractivity contribution in [2.24, 2.45) is 0 Å².